The number of nitrogens with zero attached hydrogens (tertiary/aromatic N) is 3. The lowest BCUT2D eigenvalue weighted by molar-refractivity contribution is -0.111. The van der Waals surface area contributed by atoms with Crippen molar-refractivity contribution in [3.63, 3.8) is 0 Å². The van der Waals surface area contributed by atoms with Crippen LogP contribution in [0.5, 0.6) is 0 Å². The third kappa shape index (κ3) is 4.68. The van der Waals surface area contributed by atoms with Crippen molar-refractivity contribution >= 4 is 40.8 Å². The SMILES string of the molecule is Cc1csc(Sc2ccc(NC(=O)C=Cc3cn(C)c(=O)n(C)c3=O)cc2)n1. The number of nitrogens with one attached hydrogen (secondary N) is 1. The Morgan fingerprint density at radius 3 is 2.57 bits per heavy atom. The molecule has 1 amide bonds. The highest BCUT2D eigenvalue weighted by Gasteiger charge is 2.06. The second-order valence-corrected chi connectivity index (χ2v) is 8.22. The van der Waals surface area contributed by atoms with Crippen LogP contribution in [-0.4, -0.2) is 20.0 Å². The van der Waals surface area contributed by atoms with Gasteiger partial charge in [-0.1, -0.05) is 11.8 Å². The molecule has 7 nitrogen and oxygen atoms in total. The summed E-state index contributed by atoms with van der Waals surface area (Å²) in [7, 11) is 2.94. The lowest BCUT2D eigenvalue weighted by atomic mass is 10.3. The van der Waals surface area contributed by atoms with Crippen molar-refractivity contribution in [1.82, 2.24) is 14.1 Å². The van der Waals surface area contributed by atoms with Gasteiger partial charge in [-0.05, 0) is 37.3 Å². The van der Waals surface area contributed by atoms with Gasteiger partial charge in [-0.25, -0.2) is 9.78 Å². The van der Waals surface area contributed by atoms with E-state index in [2.05, 4.69) is 10.3 Å². The molecule has 1 N–H and O–H groups in total. The fourth-order valence-corrected chi connectivity index (χ4v) is 4.20. The van der Waals surface area contributed by atoms with Gasteiger partial charge in [0, 0.05) is 48.0 Å². The first kappa shape index (κ1) is 19.8. The number of hydrogen-bond acceptors (Lipinski definition) is 6. The molecule has 2 heterocycles. The monoisotopic (exact) mass is 414 g/mol. The van der Waals surface area contributed by atoms with Crippen LogP contribution in [0, 0.1) is 6.92 Å². The summed E-state index contributed by atoms with van der Waals surface area (Å²) < 4.78 is 3.26. The van der Waals surface area contributed by atoms with Gasteiger partial charge in [-0.2, -0.15) is 0 Å². The van der Waals surface area contributed by atoms with Crippen molar-refractivity contribution in [1.29, 1.82) is 0 Å². The minimum absolute atomic E-state index is 0.255. The van der Waals surface area contributed by atoms with Crippen LogP contribution < -0.4 is 16.6 Å². The van der Waals surface area contributed by atoms with Crippen molar-refractivity contribution in [3.05, 3.63) is 74.0 Å². The number of thiazole rings is 1. The molecule has 0 saturated carbocycles. The van der Waals surface area contributed by atoms with Crippen LogP contribution >= 0.6 is 23.1 Å². The average molecular weight is 415 g/mol. The van der Waals surface area contributed by atoms with Crippen molar-refractivity contribution in [2.45, 2.75) is 16.2 Å². The van der Waals surface area contributed by atoms with Crippen molar-refractivity contribution in [2.75, 3.05) is 5.32 Å². The Bertz CT molecular complexity index is 1160. The standard InChI is InChI=1S/C19H18N4O3S2/c1-12-11-27-18(20-12)28-15-7-5-14(6-8-15)21-16(24)9-4-13-10-22(2)19(26)23(3)17(13)25/h4-11H,1-3H3,(H,21,24). The minimum Gasteiger partial charge on any atom is -0.323 e. The van der Waals surface area contributed by atoms with Gasteiger partial charge in [0.1, 0.15) is 0 Å². The molecule has 0 bridgehead atoms. The van der Waals surface area contributed by atoms with Crippen LogP contribution in [0.3, 0.4) is 0 Å². The van der Waals surface area contributed by atoms with Crippen LogP contribution in [0.15, 0.2) is 60.7 Å². The zero-order valence-electron chi connectivity index (χ0n) is 15.5. The molecule has 0 aliphatic rings. The molecule has 0 atom stereocenters. The van der Waals surface area contributed by atoms with E-state index in [0.29, 0.717) is 5.69 Å². The Labute approximate surface area is 169 Å². The first-order valence-electron chi connectivity index (χ1n) is 8.29. The Balaban J connectivity index is 1.66. The van der Waals surface area contributed by atoms with Crippen LogP contribution in [-0.2, 0) is 18.9 Å². The highest BCUT2D eigenvalue weighted by molar-refractivity contribution is 8.01. The number of aromatic nitrogens is 3. The van der Waals surface area contributed by atoms with E-state index in [-0.39, 0.29) is 11.5 Å². The summed E-state index contributed by atoms with van der Waals surface area (Å²) in [6.07, 6.45) is 4.06. The van der Waals surface area contributed by atoms with Gasteiger partial charge in [0.15, 0.2) is 4.34 Å². The Kier molecular flexibility index (Phi) is 5.96. The fraction of sp³-hybridized carbons (Fsp3) is 0.158. The van der Waals surface area contributed by atoms with Gasteiger partial charge >= 0.3 is 5.69 Å². The Morgan fingerprint density at radius 1 is 1.21 bits per heavy atom. The second kappa shape index (κ2) is 8.41. The van der Waals surface area contributed by atoms with E-state index in [1.54, 1.807) is 42.3 Å². The highest BCUT2D eigenvalue weighted by atomic mass is 32.2. The molecule has 144 valence electrons. The lowest BCUT2D eigenvalue weighted by Gasteiger charge is -2.04. The summed E-state index contributed by atoms with van der Waals surface area (Å²) in [5.41, 5.74) is 1.02. The molecule has 0 saturated heterocycles. The first-order chi connectivity index (χ1) is 13.3. The number of benzene rings is 1. The van der Waals surface area contributed by atoms with Gasteiger partial charge in [-0.3, -0.25) is 14.2 Å². The molecule has 0 aliphatic heterocycles. The zero-order valence-corrected chi connectivity index (χ0v) is 17.1. The Morgan fingerprint density at radius 2 is 1.93 bits per heavy atom. The van der Waals surface area contributed by atoms with Gasteiger partial charge < -0.3 is 9.88 Å². The van der Waals surface area contributed by atoms with Crippen molar-refractivity contribution in [3.8, 4) is 0 Å². The fourth-order valence-electron chi connectivity index (χ4n) is 2.39. The molecule has 2 aromatic heterocycles. The molecule has 1 aromatic carbocycles. The topological polar surface area (TPSA) is 86.0 Å². The van der Waals surface area contributed by atoms with Gasteiger partial charge in [0.25, 0.3) is 5.56 Å². The highest BCUT2D eigenvalue weighted by Crippen LogP contribution is 2.30. The normalized spacial score (nSPS) is 11.1. The third-order valence-corrected chi connectivity index (χ3v) is 5.88. The molecule has 3 rings (SSSR count). The molecule has 0 spiro atoms. The quantitative estimate of drug-likeness (QED) is 0.649. The lowest BCUT2D eigenvalue weighted by Crippen LogP contribution is -2.37. The zero-order chi connectivity index (χ0) is 20.3. The summed E-state index contributed by atoms with van der Waals surface area (Å²) in [6.45, 7) is 1.96. The van der Waals surface area contributed by atoms with E-state index in [1.807, 2.05) is 24.4 Å². The van der Waals surface area contributed by atoms with Crippen LogP contribution in [0.25, 0.3) is 6.08 Å². The number of rotatable bonds is 5. The van der Waals surface area contributed by atoms with Crippen molar-refractivity contribution in [2.24, 2.45) is 14.1 Å². The van der Waals surface area contributed by atoms with E-state index in [4.69, 9.17) is 0 Å². The molecule has 0 fully saturated rings. The maximum Gasteiger partial charge on any atom is 0.330 e. The van der Waals surface area contributed by atoms with E-state index >= 15 is 0 Å². The summed E-state index contributed by atoms with van der Waals surface area (Å²) >= 11 is 3.16. The molecule has 0 aliphatic carbocycles. The smallest absolute Gasteiger partial charge is 0.323 e. The molecule has 0 radical (unpaired) electrons. The largest absolute Gasteiger partial charge is 0.330 e. The molecule has 3 aromatic rings. The van der Waals surface area contributed by atoms with Crippen molar-refractivity contribution < 1.29 is 4.79 Å². The van der Waals surface area contributed by atoms with Crippen LogP contribution in [0.2, 0.25) is 0 Å². The van der Waals surface area contributed by atoms with Gasteiger partial charge in [0.2, 0.25) is 5.91 Å². The summed E-state index contributed by atoms with van der Waals surface area (Å²) in [5.74, 6) is -0.369. The number of carbonyl (C=O) groups excluding carboxylic acids is 1. The maximum atomic E-state index is 12.1. The average Bonchev–Trinajstić information content (AvgIpc) is 3.08. The molecule has 0 unspecified atom stereocenters. The predicted octanol–water partition coefficient (Wildman–Crippen LogP) is 2.65. The number of amides is 1. The molecular formula is C19H18N4O3S2. The third-order valence-electron chi connectivity index (χ3n) is 3.81. The second-order valence-electron chi connectivity index (χ2n) is 6.05. The Hall–Kier alpha value is -2.91. The maximum absolute atomic E-state index is 12.1. The van der Waals surface area contributed by atoms with Gasteiger partial charge in [-0.15, -0.1) is 11.3 Å². The molecular weight excluding hydrogens is 396 g/mol. The summed E-state index contributed by atoms with van der Waals surface area (Å²) in [4.78, 5) is 41.3. The molecule has 9 heteroatoms. The van der Waals surface area contributed by atoms with Crippen LogP contribution in [0.4, 0.5) is 5.69 Å². The molecule has 28 heavy (non-hydrogen) atoms. The summed E-state index contributed by atoms with van der Waals surface area (Å²) in [6, 6.07) is 7.42. The minimum atomic E-state index is -0.453. The number of hydrogen-bond donors (Lipinski definition) is 1. The summed E-state index contributed by atoms with van der Waals surface area (Å²) in [5, 5.41) is 4.74. The predicted molar refractivity (Wildman–Crippen MR) is 112 cm³/mol. The van der Waals surface area contributed by atoms with E-state index in [0.717, 1.165) is 19.5 Å². The number of aryl methyl sites for hydroxylation is 2. The van der Waals surface area contributed by atoms with E-state index in [9.17, 15) is 14.4 Å². The number of carbonyl (C=O) groups is 1. The first-order valence-corrected chi connectivity index (χ1v) is 9.99. The van der Waals surface area contributed by atoms with Gasteiger partial charge in [0.05, 0.1) is 5.56 Å². The van der Waals surface area contributed by atoms with Crippen LogP contribution in [0.1, 0.15) is 11.3 Å². The van der Waals surface area contributed by atoms with E-state index in [1.165, 1.54) is 30.0 Å². The number of anilines is 1. The van der Waals surface area contributed by atoms with E-state index < -0.39 is 11.2 Å².